The highest BCUT2D eigenvalue weighted by atomic mass is 16.3. The lowest BCUT2D eigenvalue weighted by molar-refractivity contribution is 0.281. The molecule has 0 aromatic heterocycles. The van der Waals surface area contributed by atoms with Gasteiger partial charge in [-0.2, -0.15) is 0 Å². The number of hydrogen-bond donors (Lipinski definition) is 1. The van der Waals surface area contributed by atoms with Gasteiger partial charge in [0.1, 0.15) is 0 Å². The second-order valence-corrected chi connectivity index (χ2v) is 15.7. The van der Waals surface area contributed by atoms with Crippen LogP contribution in [0.4, 0.5) is 17.1 Å². The van der Waals surface area contributed by atoms with Crippen molar-refractivity contribution in [2.45, 2.75) is 129 Å². The first kappa shape index (κ1) is 36.2. The first-order valence-electron chi connectivity index (χ1n) is 20.5. The minimum atomic E-state index is 0.0121. The number of unbranched alkanes of at least 4 members (excludes halogenated alkanes) is 4. The highest BCUT2D eigenvalue weighted by molar-refractivity contribution is 5.88. The largest absolute Gasteiger partial charge is 0.392 e. The molecule has 52 heavy (non-hydrogen) atoms. The van der Waals surface area contributed by atoms with E-state index in [-0.39, 0.29) is 17.4 Å². The second-order valence-electron chi connectivity index (χ2n) is 15.7. The van der Waals surface area contributed by atoms with Crippen LogP contribution in [0.2, 0.25) is 0 Å². The summed E-state index contributed by atoms with van der Waals surface area (Å²) in [7, 11) is 0. The van der Waals surface area contributed by atoms with Crippen LogP contribution in [0, 0.1) is 6.92 Å². The first-order chi connectivity index (χ1) is 25.5. The van der Waals surface area contributed by atoms with Crippen LogP contribution in [0.1, 0.15) is 138 Å². The zero-order chi connectivity index (χ0) is 36.3. The molecule has 0 heterocycles. The number of anilines is 3. The van der Waals surface area contributed by atoms with Crippen LogP contribution in [0.5, 0.6) is 0 Å². The van der Waals surface area contributed by atoms with Gasteiger partial charge in [-0.3, -0.25) is 0 Å². The number of aliphatic hydroxyl groups is 1. The number of aryl methyl sites for hydroxylation is 1. The van der Waals surface area contributed by atoms with Crippen LogP contribution in [0.25, 0.3) is 22.3 Å². The summed E-state index contributed by atoms with van der Waals surface area (Å²) in [6.45, 7) is 11.5. The minimum absolute atomic E-state index is 0.0121. The molecule has 0 saturated heterocycles. The zero-order valence-electron chi connectivity index (χ0n) is 32.4. The van der Waals surface area contributed by atoms with E-state index in [1.807, 2.05) is 0 Å². The summed E-state index contributed by atoms with van der Waals surface area (Å²) in [5.41, 5.74) is 17.2. The quantitative estimate of drug-likeness (QED) is 0.111. The van der Waals surface area contributed by atoms with Crippen LogP contribution in [-0.4, -0.2) is 5.11 Å². The number of hydrogen-bond acceptors (Lipinski definition) is 2. The van der Waals surface area contributed by atoms with E-state index in [4.69, 9.17) is 0 Å². The predicted molar refractivity (Wildman–Crippen MR) is 222 cm³/mol. The van der Waals surface area contributed by atoms with Crippen molar-refractivity contribution in [2.24, 2.45) is 0 Å². The summed E-state index contributed by atoms with van der Waals surface area (Å²) < 4.78 is 0. The molecular formula is C50H59NO. The van der Waals surface area contributed by atoms with Crippen molar-refractivity contribution in [2.75, 3.05) is 4.90 Å². The summed E-state index contributed by atoms with van der Waals surface area (Å²) in [4.78, 5) is 2.49. The maximum atomic E-state index is 10.5. The molecule has 0 amide bonds. The van der Waals surface area contributed by atoms with Crippen molar-refractivity contribution in [1.29, 1.82) is 0 Å². The maximum Gasteiger partial charge on any atom is 0.0685 e. The molecule has 1 N–H and O–H groups in total. The highest BCUT2D eigenvalue weighted by Crippen LogP contribution is 2.57. The lowest BCUT2D eigenvalue weighted by atomic mass is 9.70. The molecule has 0 aliphatic heterocycles. The van der Waals surface area contributed by atoms with Crippen LogP contribution in [0.3, 0.4) is 0 Å². The number of rotatable bonds is 16. The SMILES string of the molecule is CCCCC1(CCCC)c2ccccc2-c2ccc(N(c3ccc(C)c(CO)c3)c3ccc4c(c3)C(CCCC)(CCCC)c3ccccc3-4)cc21. The van der Waals surface area contributed by atoms with Gasteiger partial charge in [-0.25, -0.2) is 0 Å². The van der Waals surface area contributed by atoms with E-state index >= 15 is 0 Å². The standard InChI is InChI=1S/C50H59NO/c1-6-10-28-49(29-11-7-2)45-20-16-14-18-41(45)43-26-24-39(33-47(43)49)51(38-23-22-36(5)37(32-38)35-52)40-25-27-44-42-19-15-17-21-46(42)50(30-12-8-3,31-13-9-4)48(44)34-40/h14-27,32-34,52H,6-13,28-31,35H2,1-5H3. The fraction of sp³-hybridized carbons (Fsp3) is 0.400. The second kappa shape index (κ2) is 15.5. The smallest absolute Gasteiger partial charge is 0.0685 e. The molecule has 5 aromatic rings. The Hall–Kier alpha value is -4.14. The van der Waals surface area contributed by atoms with E-state index in [0.717, 1.165) is 16.8 Å². The molecule has 0 bridgehead atoms. The summed E-state index contributed by atoms with van der Waals surface area (Å²) in [6, 6.07) is 39.7. The number of benzene rings is 5. The highest BCUT2D eigenvalue weighted by Gasteiger charge is 2.44. The van der Waals surface area contributed by atoms with Gasteiger partial charge in [-0.05, 0) is 125 Å². The van der Waals surface area contributed by atoms with E-state index in [1.165, 1.54) is 133 Å². The van der Waals surface area contributed by atoms with Crippen molar-refractivity contribution in [1.82, 2.24) is 0 Å². The fourth-order valence-electron chi connectivity index (χ4n) is 9.82. The van der Waals surface area contributed by atoms with Gasteiger partial charge in [-0.1, -0.05) is 146 Å². The van der Waals surface area contributed by atoms with Crippen molar-refractivity contribution in [3.8, 4) is 22.3 Å². The monoisotopic (exact) mass is 689 g/mol. The number of aliphatic hydroxyl groups excluding tert-OH is 1. The van der Waals surface area contributed by atoms with Crippen LogP contribution < -0.4 is 4.90 Å². The van der Waals surface area contributed by atoms with Gasteiger partial charge in [0.05, 0.1) is 6.61 Å². The molecule has 270 valence electrons. The van der Waals surface area contributed by atoms with E-state index in [0.29, 0.717) is 0 Å². The van der Waals surface area contributed by atoms with Gasteiger partial charge >= 0.3 is 0 Å². The molecule has 2 aliphatic rings. The first-order valence-corrected chi connectivity index (χ1v) is 20.5. The van der Waals surface area contributed by atoms with Gasteiger partial charge in [0.25, 0.3) is 0 Å². The Morgan fingerprint density at radius 3 is 1.27 bits per heavy atom. The molecule has 0 unspecified atom stereocenters. The summed E-state index contributed by atoms with van der Waals surface area (Å²) in [5, 5.41) is 10.5. The average Bonchev–Trinajstić information content (AvgIpc) is 3.61. The van der Waals surface area contributed by atoms with Gasteiger partial charge in [0.15, 0.2) is 0 Å². The van der Waals surface area contributed by atoms with Gasteiger partial charge in [0.2, 0.25) is 0 Å². The lowest BCUT2D eigenvalue weighted by Crippen LogP contribution is -2.26. The van der Waals surface area contributed by atoms with E-state index in [2.05, 4.69) is 143 Å². The molecule has 0 atom stereocenters. The maximum absolute atomic E-state index is 10.5. The molecular weight excluding hydrogens is 631 g/mol. The molecule has 2 heteroatoms. The third-order valence-electron chi connectivity index (χ3n) is 12.6. The third kappa shape index (κ3) is 6.11. The molecule has 2 aliphatic carbocycles. The van der Waals surface area contributed by atoms with Gasteiger partial charge in [-0.15, -0.1) is 0 Å². The summed E-state index contributed by atoms with van der Waals surface area (Å²) in [5.74, 6) is 0. The summed E-state index contributed by atoms with van der Waals surface area (Å²) in [6.07, 6.45) is 14.3. The molecule has 5 aromatic carbocycles. The molecule has 2 nitrogen and oxygen atoms in total. The normalized spacial score (nSPS) is 14.5. The average molecular weight is 690 g/mol. The van der Waals surface area contributed by atoms with Crippen molar-refractivity contribution in [3.05, 3.63) is 137 Å². The zero-order valence-corrected chi connectivity index (χ0v) is 32.4. The number of fused-ring (bicyclic) bond motifs is 6. The number of nitrogens with zero attached hydrogens (tertiary/aromatic N) is 1. The molecule has 0 radical (unpaired) electrons. The van der Waals surface area contributed by atoms with Gasteiger partial charge in [0, 0.05) is 27.9 Å². The van der Waals surface area contributed by atoms with E-state index in [1.54, 1.807) is 0 Å². The van der Waals surface area contributed by atoms with Crippen molar-refractivity contribution in [3.63, 3.8) is 0 Å². The van der Waals surface area contributed by atoms with Crippen molar-refractivity contribution >= 4 is 17.1 Å². The predicted octanol–water partition coefficient (Wildman–Crippen LogP) is 14.3. The van der Waals surface area contributed by atoms with Crippen LogP contribution in [0.15, 0.2) is 103 Å². The Labute approximate surface area is 314 Å². The lowest BCUT2D eigenvalue weighted by Gasteiger charge is -2.35. The Balaban J connectivity index is 1.45. The minimum Gasteiger partial charge on any atom is -0.392 e. The molecule has 7 rings (SSSR count). The molecule has 0 saturated carbocycles. The Kier molecular flexibility index (Phi) is 10.8. The Morgan fingerprint density at radius 1 is 0.462 bits per heavy atom. The molecule has 0 fully saturated rings. The van der Waals surface area contributed by atoms with Crippen molar-refractivity contribution < 1.29 is 5.11 Å². The Bertz CT molecular complexity index is 1880. The topological polar surface area (TPSA) is 23.5 Å². The van der Waals surface area contributed by atoms with E-state index < -0.39 is 0 Å². The molecule has 0 spiro atoms. The summed E-state index contributed by atoms with van der Waals surface area (Å²) >= 11 is 0. The third-order valence-corrected chi connectivity index (χ3v) is 12.6. The van der Waals surface area contributed by atoms with E-state index in [9.17, 15) is 5.11 Å². The fourth-order valence-corrected chi connectivity index (χ4v) is 9.82. The van der Waals surface area contributed by atoms with Crippen LogP contribution >= 0.6 is 0 Å². The van der Waals surface area contributed by atoms with Gasteiger partial charge < -0.3 is 10.0 Å². The Morgan fingerprint density at radius 2 is 0.846 bits per heavy atom. The van der Waals surface area contributed by atoms with Crippen LogP contribution in [-0.2, 0) is 17.4 Å².